The number of amides is 2. The van der Waals surface area contributed by atoms with E-state index in [1.807, 2.05) is 0 Å². The summed E-state index contributed by atoms with van der Waals surface area (Å²) in [4.78, 5) is 24.2. The highest BCUT2D eigenvalue weighted by Crippen LogP contribution is 2.21. The average molecular weight is 567 g/mol. The summed E-state index contributed by atoms with van der Waals surface area (Å²) in [6.45, 7) is -1.11. The Hall–Kier alpha value is -1.46. The number of rotatable bonds is 16. The fraction of sp³-hybridized carbons (Fsp3) is 0.920. The molecule has 0 aromatic rings. The van der Waals surface area contributed by atoms with Crippen molar-refractivity contribution >= 4 is 11.8 Å². The molecule has 228 valence electrons. The lowest BCUT2D eigenvalue weighted by molar-refractivity contribution is -0.236. The van der Waals surface area contributed by atoms with Crippen molar-refractivity contribution in [3.05, 3.63) is 0 Å². The minimum atomic E-state index is -1.53. The molecule has 0 bridgehead atoms. The molecular formula is C25H46N2O12. The first-order valence-electron chi connectivity index (χ1n) is 13.8. The van der Waals surface area contributed by atoms with Crippen LogP contribution in [-0.2, 0) is 19.1 Å². The Kier molecular flexibility index (Phi) is 15.0. The Morgan fingerprint density at radius 2 is 0.795 bits per heavy atom. The second-order valence-corrected chi connectivity index (χ2v) is 10.3. The summed E-state index contributed by atoms with van der Waals surface area (Å²) < 4.78 is 10.5. The van der Waals surface area contributed by atoms with Crippen LogP contribution in [0.3, 0.4) is 0 Å². The summed E-state index contributed by atoms with van der Waals surface area (Å²) in [5, 5.41) is 82.4. The average Bonchev–Trinajstić information content (AvgIpc) is 2.92. The molecule has 2 aliphatic heterocycles. The Bertz CT molecular complexity index is 669. The number of aliphatic hydroxyl groups excluding tert-OH is 8. The molecule has 14 nitrogen and oxygen atoms in total. The number of hydrogen-bond donors (Lipinski definition) is 10. The van der Waals surface area contributed by atoms with E-state index in [0.717, 1.165) is 44.9 Å². The Labute approximate surface area is 227 Å². The summed E-state index contributed by atoms with van der Waals surface area (Å²) >= 11 is 0. The van der Waals surface area contributed by atoms with Gasteiger partial charge in [-0.15, -0.1) is 0 Å². The van der Waals surface area contributed by atoms with Gasteiger partial charge in [-0.05, 0) is 12.8 Å². The number of nitrogens with one attached hydrogen (secondary N) is 2. The highest BCUT2D eigenvalue weighted by Gasteiger charge is 2.45. The van der Waals surface area contributed by atoms with E-state index in [9.17, 15) is 50.4 Å². The van der Waals surface area contributed by atoms with Crippen LogP contribution in [0.1, 0.15) is 70.6 Å². The van der Waals surface area contributed by atoms with Crippen molar-refractivity contribution in [1.82, 2.24) is 10.6 Å². The van der Waals surface area contributed by atoms with Crippen molar-refractivity contribution in [2.24, 2.45) is 0 Å². The van der Waals surface area contributed by atoms with Crippen LogP contribution in [0.2, 0.25) is 0 Å². The monoisotopic (exact) mass is 566 g/mol. The van der Waals surface area contributed by atoms with Crippen molar-refractivity contribution < 1.29 is 59.9 Å². The smallest absolute Gasteiger partial charge is 0.222 e. The number of carbonyl (C=O) groups excluding carboxylic acids is 2. The predicted octanol–water partition coefficient (Wildman–Crippen LogP) is -2.89. The van der Waals surface area contributed by atoms with E-state index in [1.54, 1.807) is 0 Å². The molecule has 0 aromatic carbocycles. The molecule has 0 saturated carbocycles. The molecule has 0 aromatic heterocycles. The number of hydrogen-bond acceptors (Lipinski definition) is 12. The van der Waals surface area contributed by atoms with Gasteiger partial charge in [0.05, 0.1) is 13.2 Å². The Balaban J connectivity index is 1.46. The summed E-state index contributed by atoms with van der Waals surface area (Å²) in [6.07, 6.45) is -5.17. The highest BCUT2D eigenvalue weighted by atomic mass is 16.6. The molecule has 2 rings (SSSR count). The molecular weight excluding hydrogens is 520 g/mol. The van der Waals surface area contributed by atoms with Gasteiger partial charge in [-0.2, -0.15) is 0 Å². The maximum atomic E-state index is 12.1. The van der Waals surface area contributed by atoms with E-state index in [-0.39, 0.29) is 24.7 Å². The summed E-state index contributed by atoms with van der Waals surface area (Å²) in [7, 11) is 0. The molecule has 2 saturated heterocycles. The number of unbranched alkanes of at least 4 members (excludes halogenated alkanes) is 8. The molecule has 0 radical (unpaired) electrons. The number of aliphatic hydroxyl groups is 8. The fourth-order valence-corrected chi connectivity index (χ4v) is 4.71. The minimum Gasteiger partial charge on any atom is -0.394 e. The summed E-state index contributed by atoms with van der Waals surface area (Å²) in [6, 6.07) is 0. The van der Waals surface area contributed by atoms with Crippen molar-refractivity contribution in [1.29, 1.82) is 0 Å². The van der Waals surface area contributed by atoms with Crippen LogP contribution < -0.4 is 10.6 Å². The fourth-order valence-electron chi connectivity index (χ4n) is 4.71. The second-order valence-electron chi connectivity index (χ2n) is 10.3. The van der Waals surface area contributed by atoms with E-state index in [1.165, 1.54) is 0 Å². The van der Waals surface area contributed by atoms with Gasteiger partial charge >= 0.3 is 0 Å². The SMILES string of the molecule is O=C(CCCCCCCCCCCC(=O)N[C@@H]1O[C@H](CO)[C@H](O)[C@H](O)[C@H]1O)N[C@@H]1O[C@H](CO)[C@H](O)[C@H](O)[C@H]1O. The van der Waals surface area contributed by atoms with E-state index in [2.05, 4.69) is 10.6 Å². The van der Waals surface area contributed by atoms with Crippen LogP contribution in [0, 0.1) is 0 Å². The van der Waals surface area contributed by atoms with Gasteiger partial charge in [0.2, 0.25) is 11.8 Å². The quantitative estimate of drug-likeness (QED) is 0.0847. The van der Waals surface area contributed by atoms with Crippen LogP contribution in [0.4, 0.5) is 0 Å². The van der Waals surface area contributed by atoms with Gasteiger partial charge in [0, 0.05) is 12.8 Å². The maximum absolute atomic E-state index is 12.1. The van der Waals surface area contributed by atoms with E-state index < -0.39 is 74.5 Å². The maximum Gasteiger partial charge on any atom is 0.222 e. The van der Waals surface area contributed by atoms with Gasteiger partial charge in [-0.25, -0.2) is 0 Å². The van der Waals surface area contributed by atoms with Gasteiger partial charge in [-0.1, -0.05) is 44.9 Å². The minimum absolute atomic E-state index is 0.222. The van der Waals surface area contributed by atoms with E-state index in [0.29, 0.717) is 12.8 Å². The van der Waals surface area contributed by atoms with Crippen LogP contribution >= 0.6 is 0 Å². The van der Waals surface area contributed by atoms with E-state index in [4.69, 9.17) is 9.47 Å². The molecule has 2 heterocycles. The molecule has 39 heavy (non-hydrogen) atoms. The zero-order chi connectivity index (χ0) is 28.9. The third-order valence-corrected chi connectivity index (χ3v) is 7.20. The molecule has 0 unspecified atom stereocenters. The molecule has 10 atom stereocenters. The first kappa shape index (κ1) is 33.7. The predicted molar refractivity (Wildman–Crippen MR) is 135 cm³/mol. The number of carbonyl (C=O) groups is 2. The van der Waals surface area contributed by atoms with Crippen molar-refractivity contribution in [3.63, 3.8) is 0 Å². The highest BCUT2D eigenvalue weighted by molar-refractivity contribution is 5.76. The van der Waals surface area contributed by atoms with Crippen LogP contribution in [-0.4, -0.2) is 127 Å². The standard InChI is InChI=1S/C25H46N2O12/c28-12-14-18(32)20(34)22(36)24(38-14)26-16(30)10-8-6-4-2-1-3-5-7-9-11-17(31)27-25-23(37)21(35)19(33)15(13-29)39-25/h14-15,18-25,28-29,32-37H,1-13H2,(H,26,30)(H,27,31)/t14-,15-,18+,19+,20+,21+,22-,23-,24-,25-/m1/s1. The first-order valence-corrected chi connectivity index (χ1v) is 13.8. The first-order chi connectivity index (χ1) is 18.6. The third-order valence-electron chi connectivity index (χ3n) is 7.20. The van der Waals surface area contributed by atoms with Crippen molar-refractivity contribution in [2.45, 2.75) is 132 Å². The van der Waals surface area contributed by atoms with Gasteiger partial charge in [0.15, 0.2) is 12.5 Å². The molecule has 10 N–H and O–H groups in total. The van der Waals surface area contributed by atoms with Crippen LogP contribution in [0.15, 0.2) is 0 Å². The van der Waals surface area contributed by atoms with Gasteiger partial charge in [0.25, 0.3) is 0 Å². The zero-order valence-corrected chi connectivity index (χ0v) is 22.2. The lowest BCUT2D eigenvalue weighted by Gasteiger charge is -2.40. The van der Waals surface area contributed by atoms with Gasteiger partial charge in [0.1, 0.15) is 48.8 Å². The van der Waals surface area contributed by atoms with Crippen molar-refractivity contribution in [2.75, 3.05) is 13.2 Å². The van der Waals surface area contributed by atoms with Crippen LogP contribution in [0.5, 0.6) is 0 Å². The molecule has 0 spiro atoms. The molecule has 2 aliphatic rings. The Morgan fingerprint density at radius 1 is 0.487 bits per heavy atom. The molecule has 2 fully saturated rings. The number of ether oxygens (including phenoxy) is 2. The van der Waals surface area contributed by atoms with Gasteiger partial charge in [-0.3, -0.25) is 9.59 Å². The Morgan fingerprint density at radius 3 is 1.10 bits per heavy atom. The third kappa shape index (κ3) is 10.5. The van der Waals surface area contributed by atoms with E-state index >= 15 is 0 Å². The van der Waals surface area contributed by atoms with Crippen LogP contribution in [0.25, 0.3) is 0 Å². The lowest BCUT2D eigenvalue weighted by Crippen LogP contribution is -2.63. The molecule has 14 heteroatoms. The summed E-state index contributed by atoms with van der Waals surface area (Å²) in [5.41, 5.74) is 0. The molecule has 2 amide bonds. The molecule has 0 aliphatic carbocycles. The zero-order valence-electron chi connectivity index (χ0n) is 22.2. The lowest BCUT2D eigenvalue weighted by atomic mass is 9.98. The van der Waals surface area contributed by atoms with Gasteiger partial charge < -0.3 is 61.0 Å². The second kappa shape index (κ2) is 17.4. The topological polar surface area (TPSA) is 238 Å². The van der Waals surface area contributed by atoms with Crippen molar-refractivity contribution in [3.8, 4) is 0 Å². The summed E-state index contributed by atoms with van der Waals surface area (Å²) in [5.74, 6) is -0.704. The largest absolute Gasteiger partial charge is 0.394 e. The normalized spacial score (nSPS) is 35.0.